The van der Waals surface area contributed by atoms with E-state index in [0.717, 1.165) is 4.90 Å². The van der Waals surface area contributed by atoms with Gasteiger partial charge in [-0.3, -0.25) is 0 Å². The van der Waals surface area contributed by atoms with Crippen molar-refractivity contribution in [1.29, 1.82) is 0 Å². The summed E-state index contributed by atoms with van der Waals surface area (Å²) in [5.41, 5.74) is 0. The number of methoxy groups -OCH3 is 1. The van der Waals surface area contributed by atoms with Crippen LogP contribution in [-0.4, -0.2) is 18.3 Å². The maximum Gasteiger partial charge on any atom is 0.256 e. The van der Waals surface area contributed by atoms with Crippen LogP contribution in [0, 0.1) is 5.95 Å². The van der Waals surface area contributed by atoms with Gasteiger partial charge in [0.15, 0.2) is 5.75 Å². The highest BCUT2D eigenvalue weighted by Gasteiger charge is 2.07. The SMILES string of the molecule is COc1c(SC)ccnc1F. The smallest absolute Gasteiger partial charge is 0.256 e. The maximum absolute atomic E-state index is 12.8. The van der Waals surface area contributed by atoms with E-state index in [1.54, 1.807) is 6.07 Å². The van der Waals surface area contributed by atoms with Gasteiger partial charge in [0.1, 0.15) is 0 Å². The Kier molecular flexibility index (Phi) is 2.70. The molecule has 0 unspecified atom stereocenters. The molecule has 0 radical (unpaired) electrons. The Hall–Kier alpha value is -0.770. The number of halogens is 1. The van der Waals surface area contributed by atoms with Gasteiger partial charge in [-0.15, -0.1) is 11.8 Å². The Bertz CT molecular complexity index is 254. The van der Waals surface area contributed by atoms with Crippen LogP contribution in [0.15, 0.2) is 17.2 Å². The predicted molar refractivity (Wildman–Crippen MR) is 42.5 cm³/mol. The highest BCUT2D eigenvalue weighted by Crippen LogP contribution is 2.27. The van der Waals surface area contributed by atoms with Crippen LogP contribution in [0.3, 0.4) is 0 Å². The second kappa shape index (κ2) is 3.57. The molecule has 2 nitrogen and oxygen atoms in total. The van der Waals surface area contributed by atoms with Crippen molar-refractivity contribution < 1.29 is 9.13 Å². The molecule has 1 aromatic heterocycles. The lowest BCUT2D eigenvalue weighted by Crippen LogP contribution is -1.92. The Morgan fingerprint density at radius 2 is 2.36 bits per heavy atom. The van der Waals surface area contributed by atoms with Crippen LogP contribution in [0.25, 0.3) is 0 Å². The number of rotatable bonds is 2. The molecular formula is C7H8FNOS. The fourth-order valence-electron chi connectivity index (χ4n) is 0.752. The summed E-state index contributed by atoms with van der Waals surface area (Å²) in [6.45, 7) is 0. The summed E-state index contributed by atoms with van der Waals surface area (Å²) in [4.78, 5) is 4.22. The van der Waals surface area contributed by atoms with E-state index in [1.165, 1.54) is 25.1 Å². The number of pyridine rings is 1. The summed E-state index contributed by atoms with van der Waals surface area (Å²) in [6.07, 6.45) is 3.28. The molecule has 0 fully saturated rings. The lowest BCUT2D eigenvalue weighted by Gasteiger charge is -2.04. The van der Waals surface area contributed by atoms with Gasteiger partial charge in [-0.1, -0.05) is 0 Å². The van der Waals surface area contributed by atoms with Crippen molar-refractivity contribution in [2.24, 2.45) is 0 Å². The predicted octanol–water partition coefficient (Wildman–Crippen LogP) is 1.95. The molecular weight excluding hydrogens is 165 g/mol. The van der Waals surface area contributed by atoms with Crippen LogP contribution in [0.1, 0.15) is 0 Å². The lowest BCUT2D eigenvalue weighted by molar-refractivity contribution is 0.367. The summed E-state index contributed by atoms with van der Waals surface area (Å²) in [5.74, 6) is -0.334. The molecule has 11 heavy (non-hydrogen) atoms. The van der Waals surface area contributed by atoms with Crippen molar-refractivity contribution in [2.75, 3.05) is 13.4 Å². The zero-order valence-electron chi connectivity index (χ0n) is 6.30. The highest BCUT2D eigenvalue weighted by atomic mass is 32.2. The van der Waals surface area contributed by atoms with Crippen LogP contribution < -0.4 is 4.74 Å². The van der Waals surface area contributed by atoms with Gasteiger partial charge in [-0.05, 0) is 12.3 Å². The molecule has 4 heteroatoms. The van der Waals surface area contributed by atoms with E-state index in [2.05, 4.69) is 4.98 Å². The van der Waals surface area contributed by atoms with Crippen LogP contribution in [0.4, 0.5) is 4.39 Å². The Labute approximate surface area is 68.8 Å². The van der Waals surface area contributed by atoms with Crippen LogP contribution in [-0.2, 0) is 0 Å². The minimum Gasteiger partial charge on any atom is -0.491 e. The van der Waals surface area contributed by atoms with Gasteiger partial charge in [0.25, 0.3) is 5.95 Å². The largest absolute Gasteiger partial charge is 0.491 e. The van der Waals surface area contributed by atoms with Crippen LogP contribution in [0.2, 0.25) is 0 Å². The Morgan fingerprint density at radius 1 is 1.64 bits per heavy atom. The molecule has 0 aliphatic heterocycles. The first-order valence-corrected chi connectivity index (χ1v) is 4.24. The minimum atomic E-state index is -0.556. The molecule has 0 saturated heterocycles. The standard InChI is InChI=1S/C7H8FNOS/c1-10-6-5(11-2)3-4-9-7(6)8/h3-4H,1-2H3. The molecule has 0 saturated carbocycles. The fourth-order valence-corrected chi connectivity index (χ4v) is 1.30. The van der Waals surface area contributed by atoms with E-state index in [1.807, 2.05) is 6.26 Å². The quantitative estimate of drug-likeness (QED) is 0.504. The summed E-state index contributed by atoms with van der Waals surface area (Å²) in [6, 6.07) is 1.71. The Morgan fingerprint density at radius 3 is 2.82 bits per heavy atom. The number of nitrogens with zero attached hydrogens (tertiary/aromatic N) is 1. The normalized spacial score (nSPS) is 9.73. The van der Waals surface area contributed by atoms with Gasteiger partial charge in [0.2, 0.25) is 0 Å². The van der Waals surface area contributed by atoms with Gasteiger partial charge in [0.05, 0.1) is 12.0 Å². The number of hydrogen-bond donors (Lipinski definition) is 0. The Balaban J connectivity index is 3.13. The number of hydrogen-bond acceptors (Lipinski definition) is 3. The first kappa shape index (κ1) is 8.33. The zero-order chi connectivity index (χ0) is 8.27. The monoisotopic (exact) mass is 173 g/mol. The molecule has 1 aromatic rings. The molecule has 0 aliphatic carbocycles. The third-order valence-corrected chi connectivity index (χ3v) is 2.01. The molecule has 60 valence electrons. The third kappa shape index (κ3) is 1.63. The number of aromatic nitrogens is 1. The van der Waals surface area contributed by atoms with E-state index in [9.17, 15) is 4.39 Å². The second-order valence-electron chi connectivity index (χ2n) is 1.84. The van der Waals surface area contributed by atoms with E-state index in [4.69, 9.17) is 4.74 Å². The van der Waals surface area contributed by atoms with E-state index >= 15 is 0 Å². The summed E-state index contributed by atoms with van der Waals surface area (Å²) < 4.78 is 17.6. The average molecular weight is 173 g/mol. The molecule has 0 bridgehead atoms. The minimum absolute atomic E-state index is 0.222. The number of ether oxygens (including phenoxy) is 1. The lowest BCUT2D eigenvalue weighted by atomic mass is 10.4. The van der Waals surface area contributed by atoms with Crippen molar-refractivity contribution in [3.63, 3.8) is 0 Å². The average Bonchev–Trinajstić information content (AvgIpc) is 2.04. The fraction of sp³-hybridized carbons (Fsp3) is 0.286. The maximum atomic E-state index is 12.8. The third-order valence-electron chi connectivity index (χ3n) is 1.25. The molecule has 0 atom stereocenters. The molecule has 0 amide bonds. The van der Waals surface area contributed by atoms with Crippen molar-refractivity contribution >= 4 is 11.8 Å². The molecule has 1 heterocycles. The zero-order valence-corrected chi connectivity index (χ0v) is 7.11. The topological polar surface area (TPSA) is 22.1 Å². The summed E-state index contributed by atoms with van der Waals surface area (Å²) >= 11 is 1.43. The molecule has 1 rings (SSSR count). The van der Waals surface area contributed by atoms with Gasteiger partial charge in [-0.25, -0.2) is 4.98 Å². The first-order valence-electron chi connectivity index (χ1n) is 3.02. The van der Waals surface area contributed by atoms with Crippen molar-refractivity contribution in [3.05, 3.63) is 18.2 Å². The molecule has 0 aromatic carbocycles. The van der Waals surface area contributed by atoms with E-state index in [-0.39, 0.29) is 5.75 Å². The van der Waals surface area contributed by atoms with Crippen molar-refractivity contribution in [1.82, 2.24) is 4.98 Å². The highest BCUT2D eigenvalue weighted by molar-refractivity contribution is 7.98. The van der Waals surface area contributed by atoms with Gasteiger partial charge in [0, 0.05) is 6.20 Å². The molecule has 0 N–H and O–H groups in total. The second-order valence-corrected chi connectivity index (χ2v) is 2.69. The summed E-state index contributed by atoms with van der Waals surface area (Å²) in [5, 5.41) is 0. The molecule has 0 aliphatic rings. The van der Waals surface area contributed by atoms with Crippen LogP contribution in [0.5, 0.6) is 5.75 Å². The van der Waals surface area contributed by atoms with E-state index < -0.39 is 5.95 Å². The van der Waals surface area contributed by atoms with Crippen LogP contribution >= 0.6 is 11.8 Å². The van der Waals surface area contributed by atoms with Gasteiger partial charge >= 0.3 is 0 Å². The summed E-state index contributed by atoms with van der Waals surface area (Å²) in [7, 11) is 1.43. The van der Waals surface area contributed by atoms with Gasteiger partial charge < -0.3 is 4.74 Å². The van der Waals surface area contributed by atoms with Crippen molar-refractivity contribution in [3.8, 4) is 5.75 Å². The first-order chi connectivity index (χ1) is 5.29. The number of thioether (sulfide) groups is 1. The van der Waals surface area contributed by atoms with Crippen molar-refractivity contribution in [2.45, 2.75) is 4.90 Å². The van der Waals surface area contributed by atoms with E-state index in [0.29, 0.717) is 0 Å². The van der Waals surface area contributed by atoms with Gasteiger partial charge in [-0.2, -0.15) is 4.39 Å². The molecule has 0 spiro atoms.